The maximum atomic E-state index is 4.91. The van der Waals surface area contributed by atoms with Crippen LogP contribution < -0.4 is 0 Å². The molecule has 4 heterocycles. The molecule has 398 valence electrons. The van der Waals surface area contributed by atoms with Crippen molar-refractivity contribution >= 4 is 0 Å². The van der Waals surface area contributed by atoms with E-state index in [4.69, 9.17) is 19.9 Å². The highest BCUT2D eigenvalue weighted by Crippen LogP contribution is 2.46. The van der Waals surface area contributed by atoms with Crippen molar-refractivity contribution in [2.45, 2.75) is 156 Å². The van der Waals surface area contributed by atoms with E-state index in [2.05, 4.69) is 161 Å². The van der Waals surface area contributed by atoms with Crippen molar-refractivity contribution < 1.29 is 0 Å². The van der Waals surface area contributed by atoms with Gasteiger partial charge >= 0.3 is 0 Å². The van der Waals surface area contributed by atoms with E-state index in [1.165, 1.54) is 166 Å². The van der Waals surface area contributed by atoms with Crippen LogP contribution in [0.5, 0.6) is 0 Å². The summed E-state index contributed by atoms with van der Waals surface area (Å²) in [4.78, 5) is 19.7. The highest BCUT2D eigenvalue weighted by Gasteiger charge is 2.22. The lowest BCUT2D eigenvalue weighted by Gasteiger charge is -2.22. The second-order valence-electron chi connectivity index (χ2n) is 21.5. The van der Waals surface area contributed by atoms with E-state index in [9.17, 15) is 0 Å². The van der Waals surface area contributed by atoms with Gasteiger partial charge < -0.3 is 0 Å². The Hall–Kier alpha value is -7.30. The van der Waals surface area contributed by atoms with Gasteiger partial charge in [0.1, 0.15) is 0 Å². The number of aryl methyl sites for hydroxylation is 4. The molecule has 0 aliphatic heterocycles. The largest absolute Gasteiger partial charge is 0.256 e. The van der Waals surface area contributed by atoms with Gasteiger partial charge in [-0.05, 0) is 179 Å². The number of aromatic nitrogens is 4. The lowest BCUT2D eigenvalue weighted by molar-refractivity contribution is 0.667. The van der Waals surface area contributed by atoms with Crippen molar-refractivity contribution in [3.63, 3.8) is 0 Å². The molecule has 0 saturated carbocycles. The molecule has 0 atom stereocenters. The predicted molar refractivity (Wildman–Crippen MR) is 332 cm³/mol. The summed E-state index contributed by atoms with van der Waals surface area (Å²) in [5, 5.41) is 0. The minimum Gasteiger partial charge on any atom is -0.256 e. The van der Waals surface area contributed by atoms with Crippen LogP contribution in [0.4, 0.5) is 0 Å². The lowest BCUT2D eigenvalue weighted by atomic mass is 9.82. The number of hydrogen-bond donors (Lipinski definition) is 0. The van der Waals surface area contributed by atoms with Crippen LogP contribution in [-0.2, 0) is 25.7 Å². The fraction of sp³-hybridized carbons (Fsp3) is 0.324. The number of pyridine rings is 4. The summed E-state index contributed by atoms with van der Waals surface area (Å²) in [6.07, 6.45) is 30.9. The number of unbranched alkanes of at least 4 members (excludes halogenated alkanes) is 12. The van der Waals surface area contributed by atoms with Crippen molar-refractivity contribution in [1.82, 2.24) is 19.9 Å². The summed E-state index contributed by atoms with van der Waals surface area (Å²) >= 11 is 0. The van der Waals surface area contributed by atoms with Crippen LogP contribution in [0.2, 0.25) is 0 Å². The molecule has 9 aromatic rings. The normalized spacial score (nSPS) is 11.3. The second-order valence-corrected chi connectivity index (χ2v) is 21.5. The van der Waals surface area contributed by atoms with Gasteiger partial charge in [-0.1, -0.05) is 202 Å². The Labute approximate surface area is 468 Å². The molecule has 0 unspecified atom stereocenters. The van der Waals surface area contributed by atoms with E-state index in [1.54, 1.807) is 0 Å². The van der Waals surface area contributed by atoms with E-state index in [-0.39, 0.29) is 0 Å². The third kappa shape index (κ3) is 14.2. The van der Waals surface area contributed by atoms with Crippen molar-refractivity contribution in [3.8, 4) is 89.5 Å². The standard InChI is InChI=1S/C74H82N4/c1-5-9-13-17-29-55-49-59(37-41-63(55)71-33-21-25-45-75-71)67-53-69(61-39-43-65(73-35-23-27-47-77-73)57(51-61)31-19-15-11-7-3)70(62-40-44-66(74-36-24-28-48-78-74)58(52-62)32-20-16-12-8-4)54-68(67)60-38-42-64(72-34-22-26-46-76-72)56(50-60)30-18-14-10-6-2/h21-28,33-54H,5-20,29-32H2,1-4H3. The van der Waals surface area contributed by atoms with Gasteiger partial charge in [-0.3, -0.25) is 19.9 Å². The zero-order chi connectivity index (χ0) is 53.7. The molecule has 0 N–H and O–H groups in total. The fourth-order valence-electron chi connectivity index (χ4n) is 11.5. The van der Waals surface area contributed by atoms with Crippen LogP contribution in [0.25, 0.3) is 89.5 Å². The van der Waals surface area contributed by atoms with Gasteiger partial charge in [0.15, 0.2) is 0 Å². The summed E-state index contributed by atoms with van der Waals surface area (Å²) in [5.41, 5.74) is 24.3. The molecule has 0 amide bonds. The molecule has 4 aromatic heterocycles. The molecule has 0 fully saturated rings. The van der Waals surface area contributed by atoms with E-state index in [1.807, 2.05) is 49.1 Å². The van der Waals surface area contributed by atoms with Gasteiger partial charge in [0, 0.05) is 47.0 Å². The maximum absolute atomic E-state index is 4.91. The molecule has 4 heteroatoms. The molecule has 5 aromatic carbocycles. The lowest BCUT2D eigenvalue weighted by Crippen LogP contribution is -1.99. The molecule has 0 radical (unpaired) electrons. The zero-order valence-corrected chi connectivity index (χ0v) is 47.3. The third-order valence-corrected chi connectivity index (χ3v) is 15.8. The van der Waals surface area contributed by atoms with Crippen LogP contribution in [0.3, 0.4) is 0 Å². The Morgan fingerprint density at radius 2 is 0.474 bits per heavy atom. The first kappa shape index (κ1) is 55.5. The summed E-state index contributed by atoms with van der Waals surface area (Å²) in [6.45, 7) is 9.19. The topological polar surface area (TPSA) is 51.6 Å². The van der Waals surface area contributed by atoms with Crippen LogP contribution >= 0.6 is 0 Å². The molecule has 9 rings (SSSR count). The van der Waals surface area contributed by atoms with Crippen molar-refractivity contribution in [3.05, 3.63) is 205 Å². The minimum atomic E-state index is 1.00. The summed E-state index contributed by atoms with van der Waals surface area (Å²) in [6, 6.07) is 59.2. The molecule has 0 bridgehead atoms. The highest BCUT2D eigenvalue weighted by atomic mass is 14.7. The number of benzene rings is 5. The smallest absolute Gasteiger partial charge is 0.0704 e. The average Bonchev–Trinajstić information content (AvgIpc) is 3.66. The molecule has 0 aliphatic carbocycles. The monoisotopic (exact) mass is 1030 g/mol. The molecular weight excluding hydrogens is 945 g/mol. The number of nitrogens with zero attached hydrogens (tertiary/aromatic N) is 4. The highest BCUT2D eigenvalue weighted by molar-refractivity contribution is 5.97. The Morgan fingerprint density at radius 1 is 0.231 bits per heavy atom. The van der Waals surface area contributed by atoms with Crippen LogP contribution in [-0.4, -0.2) is 19.9 Å². The number of hydrogen-bond acceptors (Lipinski definition) is 4. The van der Waals surface area contributed by atoms with Gasteiger partial charge in [-0.2, -0.15) is 0 Å². The van der Waals surface area contributed by atoms with Gasteiger partial charge in [-0.25, -0.2) is 0 Å². The maximum Gasteiger partial charge on any atom is 0.0704 e. The predicted octanol–water partition coefficient (Wildman–Crippen LogP) is 21.1. The first-order valence-electron chi connectivity index (χ1n) is 29.9. The van der Waals surface area contributed by atoms with Gasteiger partial charge in [0.25, 0.3) is 0 Å². The molecule has 78 heavy (non-hydrogen) atoms. The third-order valence-electron chi connectivity index (χ3n) is 15.8. The van der Waals surface area contributed by atoms with E-state index >= 15 is 0 Å². The molecule has 0 saturated heterocycles. The zero-order valence-electron chi connectivity index (χ0n) is 47.3. The summed E-state index contributed by atoms with van der Waals surface area (Å²) < 4.78 is 0. The quantitative estimate of drug-likeness (QED) is 0.0459. The van der Waals surface area contributed by atoms with Crippen LogP contribution in [0, 0.1) is 0 Å². The van der Waals surface area contributed by atoms with Gasteiger partial charge in [0.2, 0.25) is 0 Å². The van der Waals surface area contributed by atoms with Gasteiger partial charge in [-0.15, -0.1) is 0 Å². The number of rotatable bonds is 28. The van der Waals surface area contributed by atoms with Crippen molar-refractivity contribution in [2.24, 2.45) is 0 Å². The second kappa shape index (κ2) is 28.9. The Bertz CT molecular complexity index is 2840. The summed E-state index contributed by atoms with van der Waals surface area (Å²) in [5.74, 6) is 0. The van der Waals surface area contributed by atoms with Crippen LogP contribution in [0.1, 0.15) is 153 Å². The first-order valence-corrected chi connectivity index (χ1v) is 29.9. The first-order chi connectivity index (χ1) is 38.6. The molecular formula is C74H82N4. The van der Waals surface area contributed by atoms with Gasteiger partial charge in [0.05, 0.1) is 22.8 Å². The fourth-order valence-corrected chi connectivity index (χ4v) is 11.5. The Balaban J connectivity index is 1.33. The van der Waals surface area contributed by atoms with E-state index < -0.39 is 0 Å². The van der Waals surface area contributed by atoms with Crippen molar-refractivity contribution in [2.75, 3.05) is 0 Å². The molecule has 0 aliphatic rings. The van der Waals surface area contributed by atoms with Crippen molar-refractivity contribution in [1.29, 1.82) is 0 Å². The molecule has 4 nitrogen and oxygen atoms in total. The molecule has 0 spiro atoms. The summed E-state index contributed by atoms with van der Waals surface area (Å²) in [7, 11) is 0. The minimum absolute atomic E-state index is 1.00. The van der Waals surface area contributed by atoms with E-state index in [0.29, 0.717) is 0 Å². The van der Waals surface area contributed by atoms with Crippen LogP contribution in [0.15, 0.2) is 183 Å². The average molecular weight is 1030 g/mol. The van der Waals surface area contributed by atoms with E-state index in [0.717, 1.165) is 74.1 Å². The Morgan fingerprint density at radius 3 is 0.679 bits per heavy atom. The SMILES string of the molecule is CCCCCCc1cc(-c2cc(-c3ccc(-c4ccccn4)c(CCCCCC)c3)c(-c3ccc(-c4ccccn4)c(CCCCCC)c3)cc2-c2ccc(-c3ccccn3)c(CCCCCC)c2)ccc1-c1ccccn1. The Kier molecular flexibility index (Phi) is 20.5.